The fraction of sp³-hybridized carbons (Fsp3) is 0.364. The first-order valence-corrected chi connectivity index (χ1v) is 12.0. The Balaban J connectivity index is 1.70. The molecule has 29 heavy (non-hydrogen) atoms. The maximum atomic E-state index is 5.10. The number of hydrogen-bond donors (Lipinski definition) is 1. The third kappa shape index (κ3) is 3.26. The zero-order valence-electron chi connectivity index (χ0n) is 16.8. The summed E-state index contributed by atoms with van der Waals surface area (Å²) in [5.41, 5.74) is 6.23. The highest BCUT2D eigenvalue weighted by Gasteiger charge is 2.25. The summed E-state index contributed by atoms with van der Waals surface area (Å²) >= 11 is 3.29. The van der Waals surface area contributed by atoms with Crippen molar-refractivity contribution in [1.29, 1.82) is 0 Å². The van der Waals surface area contributed by atoms with Crippen LogP contribution in [0.1, 0.15) is 48.7 Å². The second-order valence-electron chi connectivity index (χ2n) is 7.66. The summed E-state index contributed by atoms with van der Waals surface area (Å²) in [6, 6.07) is 5.96. The number of pyridine rings is 2. The first kappa shape index (κ1) is 18.8. The van der Waals surface area contributed by atoms with Crippen molar-refractivity contribution in [2.24, 2.45) is 0 Å². The smallest absolute Gasteiger partial charge is 0.189 e. The van der Waals surface area contributed by atoms with E-state index in [1.54, 1.807) is 23.1 Å². The Labute approximate surface area is 178 Å². The van der Waals surface area contributed by atoms with Crippen molar-refractivity contribution in [2.75, 3.05) is 11.6 Å². The molecule has 1 aliphatic carbocycles. The topological polar surface area (TPSA) is 63.6 Å². The Hall–Kier alpha value is -2.25. The van der Waals surface area contributed by atoms with E-state index in [9.17, 15) is 0 Å². The fourth-order valence-electron chi connectivity index (χ4n) is 4.14. The minimum Gasteiger partial charge on any atom is -0.363 e. The molecule has 0 fully saturated rings. The highest BCUT2D eigenvalue weighted by atomic mass is 32.2. The number of nitrogens with zero attached hydrogens (tertiary/aromatic N) is 4. The molecule has 0 spiro atoms. The van der Waals surface area contributed by atoms with Gasteiger partial charge in [0.1, 0.15) is 10.6 Å². The van der Waals surface area contributed by atoms with E-state index in [-0.39, 0.29) is 0 Å². The zero-order chi connectivity index (χ0) is 20.0. The number of thioether (sulfide) groups is 1. The minimum absolute atomic E-state index is 0.436. The van der Waals surface area contributed by atoms with Crippen LogP contribution in [0.15, 0.2) is 29.6 Å². The van der Waals surface area contributed by atoms with Gasteiger partial charge in [-0.15, -0.1) is 11.3 Å². The molecule has 5 rings (SSSR count). The third-order valence-electron chi connectivity index (χ3n) is 5.44. The molecule has 0 bridgehead atoms. The van der Waals surface area contributed by atoms with Crippen LogP contribution in [0.2, 0.25) is 0 Å². The van der Waals surface area contributed by atoms with Gasteiger partial charge in [0.05, 0.1) is 22.5 Å². The van der Waals surface area contributed by atoms with Crippen LogP contribution >= 0.6 is 23.1 Å². The van der Waals surface area contributed by atoms with Crippen LogP contribution in [-0.2, 0) is 19.4 Å². The Morgan fingerprint density at radius 2 is 2.00 bits per heavy atom. The van der Waals surface area contributed by atoms with Gasteiger partial charge in [0, 0.05) is 17.3 Å². The zero-order valence-corrected chi connectivity index (χ0v) is 18.5. The number of aromatic nitrogens is 4. The molecule has 0 aromatic carbocycles. The van der Waals surface area contributed by atoms with E-state index in [4.69, 9.17) is 15.0 Å². The van der Waals surface area contributed by atoms with Crippen molar-refractivity contribution in [1.82, 2.24) is 19.9 Å². The molecule has 0 unspecified atom stereocenters. The van der Waals surface area contributed by atoms with E-state index in [2.05, 4.69) is 24.1 Å². The van der Waals surface area contributed by atoms with Crippen LogP contribution in [0, 0.1) is 0 Å². The number of rotatable bonds is 5. The van der Waals surface area contributed by atoms with Gasteiger partial charge in [-0.1, -0.05) is 31.7 Å². The van der Waals surface area contributed by atoms with Crippen molar-refractivity contribution in [3.05, 3.63) is 46.9 Å². The lowest BCUT2D eigenvalue weighted by atomic mass is 9.99. The predicted octanol–water partition coefficient (Wildman–Crippen LogP) is 5.58. The van der Waals surface area contributed by atoms with E-state index in [0.717, 1.165) is 44.6 Å². The normalized spacial score (nSPS) is 13.5. The molecule has 0 saturated heterocycles. The van der Waals surface area contributed by atoms with Crippen LogP contribution < -0.4 is 5.32 Å². The van der Waals surface area contributed by atoms with E-state index in [0.29, 0.717) is 12.5 Å². The maximum absolute atomic E-state index is 5.10. The lowest BCUT2D eigenvalue weighted by molar-refractivity contribution is 0.805. The highest BCUT2D eigenvalue weighted by molar-refractivity contribution is 7.98. The number of anilines is 1. The van der Waals surface area contributed by atoms with Crippen LogP contribution in [0.4, 0.5) is 5.82 Å². The summed E-state index contributed by atoms with van der Waals surface area (Å²) in [6.07, 6.45) is 7.31. The molecule has 0 atom stereocenters. The molecule has 7 heteroatoms. The number of thiophene rings is 1. The second-order valence-corrected chi connectivity index (χ2v) is 9.43. The van der Waals surface area contributed by atoms with Gasteiger partial charge >= 0.3 is 0 Å². The Morgan fingerprint density at radius 3 is 2.76 bits per heavy atom. The van der Waals surface area contributed by atoms with Crippen LogP contribution in [0.25, 0.3) is 20.4 Å². The molecule has 0 aliphatic heterocycles. The Kier molecular flexibility index (Phi) is 4.87. The Morgan fingerprint density at radius 1 is 1.14 bits per heavy atom. The van der Waals surface area contributed by atoms with E-state index in [1.165, 1.54) is 28.6 Å². The second kappa shape index (κ2) is 7.54. The van der Waals surface area contributed by atoms with Gasteiger partial charge in [-0.3, -0.25) is 4.98 Å². The summed E-state index contributed by atoms with van der Waals surface area (Å²) in [6.45, 7) is 5.12. The Bertz CT molecular complexity index is 1200. The van der Waals surface area contributed by atoms with E-state index >= 15 is 0 Å². The molecular weight excluding hydrogens is 398 g/mol. The fourth-order valence-corrected chi connectivity index (χ4v) is 5.62. The molecule has 1 N–H and O–H groups in total. The minimum atomic E-state index is 0.436. The lowest BCUT2D eigenvalue weighted by Gasteiger charge is -2.12. The molecule has 0 amide bonds. The van der Waals surface area contributed by atoms with Crippen molar-refractivity contribution in [3.63, 3.8) is 0 Å². The first-order valence-electron chi connectivity index (χ1n) is 9.99. The number of fused-ring (bicyclic) bond motifs is 5. The van der Waals surface area contributed by atoms with Gasteiger partial charge in [-0.25, -0.2) is 15.0 Å². The average Bonchev–Trinajstić information content (AvgIpc) is 3.36. The highest BCUT2D eigenvalue weighted by Crippen LogP contribution is 2.43. The van der Waals surface area contributed by atoms with E-state index in [1.807, 2.05) is 30.7 Å². The van der Waals surface area contributed by atoms with Crippen molar-refractivity contribution in [3.8, 4) is 0 Å². The standard InChI is InChI=1S/C22H23N5S2/c1-12(2)17-15-9-6-8-14(15)16-18-19(29-21(16)25-17)20(27-22(26-18)28-3)24-11-13-7-4-5-10-23-13/h4-5,7,10,12H,6,8-9,11H2,1-3H3,(H,24,26,27). The number of aryl methyl sites for hydroxylation is 1. The lowest BCUT2D eigenvalue weighted by Crippen LogP contribution is -2.04. The molecule has 4 aromatic heterocycles. The molecule has 4 heterocycles. The molecule has 1 aliphatic rings. The van der Waals surface area contributed by atoms with Crippen molar-refractivity contribution < 1.29 is 0 Å². The van der Waals surface area contributed by atoms with Gasteiger partial charge < -0.3 is 5.32 Å². The van der Waals surface area contributed by atoms with Crippen molar-refractivity contribution in [2.45, 2.75) is 50.7 Å². The van der Waals surface area contributed by atoms with Crippen LogP contribution in [0.5, 0.6) is 0 Å². The maximum Gasteiger partial charge on any atom is 0.189 e. The molecule has 4 aromatic rings. The van der Waals surface area contributed by atoms with Gasteiger partial charge in [0.25, 0.3) is 0 Å². The average molecular weight is 422 g/mol. The first-order chi connectivity index (χ1) is 14.2. The van der Waals surface area contributed by atoms with Crippen molar-refractivity contribution >= 4 is 49.3 Å². The van der Waals surface area contributed by atoms with E-state index < -0.39 is 0 Å². The van der Waals surface area contributed by atoms with Gasteiger partial charge in [0.2, 0.25) is 0 Å². The quantitative estimate of drug-likeness (QED) is 0.335. The molecule has 0 radical (unpaired) electrons. The number of nitrogens with one attached hydrogen (secondary N) is 1. The molecule has 148 valence electrons. The molecule has 0 saturated carbocycles. The summed E-state index contributed by atoms with van der Waals surface area (Å²) in [4.78, 5) is 20.3. The summed E-state index contributed by atoms with van der Waals surface area (Å²) < 4.78 is 1.09. The molecular formula is C22H23N5S2. The monoisotopic (exact) mass is 421 g/mol. The predicted molar refractivity (Wildman–Crippen MR) is 122 cm³/mol. The third-order valence-corrected chi connectivity index (χ3v) is 7.07. The van der Waals surface area contributed by atoms with Crippen LogP contribution in [-0.4, -0.2) is 26.2 Å². The summed E-state index contributed by atoms with van der Waals surface area (Å²) in [5.74, 6) is 1.32. The summed E-state index contributed by atoms with van der Waals surface area (Å²) in [5, 5.41) is 5.54. The van der Waals surface area contributed by atoms with Crippen LogP contribution in [0.3, 0.4) is 0 Å². The van der Waals surface area contributed by atoms with Gasteiger partial charge in [-0.05, 0) is 54.7 Å². The number of hydrogen-bond acceptors (Lipinski definition) is 7. The SMILES string of the molecule is CSc1nc(NCc2ccccn2)c2sc3nc(C(C)C)c4c(c3c2n1)CCC4. The van der Waals surface area contributed by atoms with Gasteiger partial charge in [0.15, 0.2) is 5.16 Å². The summed E-state index contributed by atoms with van der Waals surface area (Å²) in [7, 11) is 0. The van der Waals surface area contributed by atoms with Gasteiger partial charge in [-0.2, -0.15) is 0 Å². The molecule has 5 nitrogen and oxygen atoms in total. The largest absolute Gasteiger partial charge is 0.363 e.